The van der Waals surface area contributed by atoms with Crippen molar-refractivity contribution in [1.82, 2.24) is 10.2 Å². The molecule has 228 valence electrons. The standard InChI is InChI=1S/C37H39Cl2N3O2/c1-2-25-9-3-6-14-30(25)26-17-18-34(43)31(24-26)36(27-10-7-11-28(23-27)37(44)40-29-12-4-5-13-29)42-21-19-41(20-22-42)33-16-8-15-32(38)35(33)39/h3,6-11,14-18,23-24,29,36,43H,2,4-5,12-13,19-22H2,1H3,(H,40,44). The zero-order valence-electron chi connectivity index (χ0n) is 25.1. The molecule has 1 aliphatic carbocycles. The van der Waals surface area contributed by atoms with Gasteiger partial charge in [-0.1, -0.05) is 91.5 Å². The fourth-order valence-electron chi connectivity index (χ4n) is 6.78. The van der Waals surface area contributed by atoms with Crippen molar-refractivity contribution >= 4 is 34.8 Å². The van der Waals surface area contributed by atoms with Crippen LogP contribution in [0.25, 0.3) is 11.1 Å². The lowest BCUT2D eigenvalue weighted by Gasteiger charge is -2.41. The molecule has 2 N–H and O–H groups in total. The van der Waals surface area contributed by atoms with Gasteiger partial charge in [-0.3, -0.25) is 9.69 Å². The van der Waals surface area contributed by atoms with E-state index in [-0.39, 0.29) is 23.7 Å². The lowest BCUT2D eigenvalue weighted by Crippen LogP contribution is -2.48. The number of phenols is 1. The summed E-state index contributed by atoms with van der Waals surface area (Å²) >= 11 is 12.9. The van der Waals surface area contributed by atoms with Crippen molar-refractivity contribution in [3.05, 3.63) is 117 Å². The molecule has 44 heavy (non-hydrogen) atoms. The van der Waals surface area contributed by atoms with E-state index >= 15 is 0 Å². The van der Waals surface area contributed by atoms with Crippen molar-refractivity contribution in [3.63, 3.8) is 0 Å². The molecule has 0 bridgehead atoms. The molecule has 4 aromatic rings. The van der Waals surface area contributed by atoms with Crippen LogP contribution in [-0.2, 0) is 6.42 Å². The van der Waals surface area contributed by atoms with Gasteiger partial charge in [-0.05, 0) is 77.9 Å². The summed E-state index contributed by atoms with van der Waals surface area (Å²) in [5.74, 6) is 0.210. The van der Waals surface area contributed by atoms with E-state index in [0.717, 1.165) is 80.7 Å². The van der Waals surface area contributed by atoms with Crippen LogP contribution in [0, 0.1) is 0 Å². The monoisotopic (exact) mass is 627 g/mol. The van der Waals surface area contributed by atoms with E-state index < -0.39 is 0 Å². The Morgan fingerprint density at radius 1 is 0.909 bits per heavy atom. The second-order valence-electron chi connectivity index (χ2n) is 11.9. The lowest BCUT2D eigenvalue weighted by atomic mass is 9.90. The summed E-state index contributed by atoms with van der Waals surface area (Å²) in [5, 5.41) is 15.7. The number of benzene rings is 4. The number of carbonyl (C=O) groups excluding carboxylic acids is 1. The molecule has 1 heterocycles. The Labute approximate surface area is 270 Å². The number of halogens is 2. The second kappa shape index (κ2) is 13.6. The first-order valence-electron chi connectivity index (χ1n) is 15.7. The van der Waals surface area contributed by atoms with Gasteiger partial charge in [0.05, 0.1) is 21.8 Å². The molecule has 6 rings (SSSR count). The van der Waals surface area contributed by atoms with E-state index in [1.54, 1.807) is 0 Å². The van der Waals surface area contributed by atoms with Crippen LogP contribution in [0.15, 0.2) is 84.9 Å². The number of amides is 1. The van der Waals surface area contributed by atoms with Gasteiger partial charge in [0.1, 0.15) is 5.75 Å². The van der Waals surface area contributed by atoms with Crippen LogP contribution in [0.4, 0.5) is 5.69 Å². The Morgan fingerprint density at radius 2 is 1.66 bits per heavy atom. The molecular formula is C37H39Cl2N3O2. The highest BCUT2D eigenvalue weighted by Gasteiger charge is 2.30. The highest BCUT2D eigenvalue weighted by molar-refractivity contribution is 6.43. The number of nitrogens with zero attached hydrogens (tertiary/aromatic N) is 2. The first kappa shape index (κ1) is 30.5. The van der Waals surface area contributed by atoms with Crippen molar-refractivity contribution in [2.75, 3.05) is 31.1 Å². The minimum Gasteiger partial charge on any atom is -0.508 e. The number of hydrogen-bond donors (Lipinski definition) is 2. The van der Waals surface area contributed by atoms with Gasteiger partial charge in [0.25, 0.3) is 5.91 Å². The SMILES string of the molecule is CCc1ccccc1-c1ccc(O)c(C(c2cccc(C(=O)NC3CCCC3)c2)N2CCN(c3cccc(Cl)c3Cl)CC2)c1. The summed E-state index contributed by atoms with van der Waals surface area (Å²) in [5.41, 5.74) is 6.89. The normalized spacial score (nSPS) is 16.7. The Balaban J connectivity index is 1.36. The maximum absolute atomic E-state index is 13.3. The Kier molecular flexibility index (Phi) is 9.46. The van der Waals surface area contributed by atoms with E-state index in [0.29, 0.717) is 15.6 Å². The number of rotatable bonds is 8. The third kappa shape index (κ3) is 6.46. The summed E-state index contributed by atoms with van der Waals surface area (Å²) in [6, 6.07) is 28.0. The highest BCUT2D eigenvalue weighted by Crippen LogP contribution is 2.40. The Morgan fingerprint density at radius 3 is 2.43 bits per heavy atom. The van der Waals surface area contributed by atoms with E-state index in [2.05, 4.69) is 58.4 Å². The molecule has 1 unspecified atom stereocenters. The number of hydrogen-bond acceptors (Lipinski definition) is 4. The van der Waals surface area contributed by atoms with Crippen molar-refractivity contribution in [3.8, 4) is 16.9 Å². The van der Waals surface area contributed by atoms with Crippen molar-refractivity contribution < 1.29 is 9.90 Å². The van der Waals surface area contributed by atoms with Gasteiger partial charge in [0, 0.05) is 43.3 Å². The Bertz CT molecular complexity index is 1630. The smallest absolute Gasteiger partial charge is 0.251 e. The highest BCUT2D eigenvalue weighted by atomic mass is 35.5. The predicted molar refractivity (Wildman–Crippen MR) is 181 cm³/mol. The summed E-state index contributed by atoms with van der Waals surface area (Å²) in [6.45, 7) is 5.13. The molecule has 1 atom stereocenters. The number of anilines is 1. The van der Waals surface area contributed by atoms with E-state index in [9.17, 15) is 9.90 Å². The molecular weight excluding hydrogens is 589 g/mol. The summed E-state index contributed by atoms with van der Waals surface area (Å²) in [6.07, 6.45) is 5.32. The molecule has 2 fully saturated rings. The van der Waals surface area contributed by atoms with Crippen molar-refractivity contribution in [2.24, 2.45) is 0 Å². The quantitative estimate of drug-likeness (QED) is 0.206. The minimum absolute atomic E-state index is 0.0345. The van der Waals surface area contributed by atoms with Crippen molar-refractivity contribution in [2.45, 2.75) is 51.1 Å². The molecule has 0 spiro atoms. The molecule has 1 saturated heterocycles. The summed E-state index contributed by atoms with van der Waals surface area (Å²) in [4.78, 5) is 18.0. The van der Waals surface area contributed by atoms with Crippen LogP contribution in [0.2, 0.25) is 10.0 Å². The van der Waals surface area contributed by atoms with Gasteiger partial charge in [-0.15, -0.1) is 0 Å². The van der Waals surface area contributed by atoms with Gasteiger partial charge in [0.15, 0.2) is 0 Å². The van der Waals surface area contributed by atoms with Gasteiger partial charge >= 0.3 is 0 Å². The molecule has 4 aromatic carbocycles. The number of nitrogens with one attached hydrogen (secondary N) is 1. The van der Waals surface area contributed by atoms with Crippen molar-refractivity contribution in [1.29, 1.82) is 0 Å². The topological polar surface area (TPSA) is 55.8 Å². The van der Waals surface area contributed by atoms with Crippen LogP contribution in [0.5, 0.6) is 5.75 Å². The van der Waals surface area contributed by atoms with Gasteiger partial charge in [-0.25, -0.2) is 0 Å². The van der Waals surface area contributed by atoms with Crippen LogP contribution in [-0.4, -0.2) is 48.1 Å². The maximum Gasteiger partial charge on any atom is 0.251 e. The largest absolute Gasteiger partial charge is 0.508 e. The van der Waals surface area contributed by atoms with Crippen LogP contribution in [0.1, 0.15) is 65.7 Å². The predicted octanol–water partition coefficient (Wildman–Crippen LogP) is 8.51. The molecule has 2 aliphatic rings. The molecule has 0 radical (unpaired) electrons. The number of aryl methyl sites for hydroxylation is 1. The Hall–Kier alpha value is -3.51. The summed E-state index contributed by atoms with van der Waals surface area (Å²) < 4.78 is 0. The third-order valence-electron chi connectivity index (χ3n) is 9.14. The minimum atomic E-state index is -0.250. The number of phenolic OH excluding ortho intramolecular Hbond substituents is 1. The second-order valence-corrected chi connectivity index (χ2v) is 12.6. The van der Waals surface area contributed by atoms with Gasteiger partial charge in [-0.2, -0.15) is 0 Å². The molecule has 5 nitrogen and oxygen atoms in total. The molecule has 1 saturated carbocycles. The first-order chi connectivity index (χ1) is 21.4. The van der Waals surface area contributed by atoms with E-state index in [1.165, 1.54) is 11.1 Å². The maximum atomic E-state index is 13.3. The average molecular weight is 629 g/mol. The summed E-state index contributed by atoms with van der Waals surface area (Å²) in [7, 11) is 0. The molecule has 7 heteroatoms. The van der Waals surface area contributed by atoms with Gasteiger partial charge in [0.2, 0.25) is 0 Å². The molecule has 0 aromatic heterocycles. The fourth-order valence-corrected chi connectivity index (χ4v) is 7.20. The molecule has 1 aliphatic heterocycles. The van der Waals surface area contributed by atoms with E-state index in [4.69, 9.17) is 23.2 Å². The number of carbonyl (C=O) groups is 1. The average Bonchev–Trinajstić information content (AvgIpc) is 3.57. The lowest BCUT2D eigenvalue weighted by molar-refractivity contribution is 0.0937. The van der Waals surface area contributed by atoms with E-state index in [1.807, 2.05) is 48.5 Å². The number of piperazine rings is 1. The zero-order valence-corrected chi connectivity index (χ0v) is 26.6. The zero-order chi connectivity index (χ0) is 30.6. The first-order valence-corrected chi connectivity index (χ1v) is 16.4. The van der Waals surface area contributed by atoms with Crippen LogP contribution >= 0.6 is 23.2 Å². The fraction of sp³-hybridized carbons (Fsp3) is 0.324. The van der Waals surface area contributed by atoms with Crippen LogP contribution in [0.3, 0.4) is 0 Å². The van der Waals surface area contributed by atoms with Crippen LogP contribution < -0.4 is 10.2 Å². The number of aromatic hydroxyl groups is 1. The molecule has 1 amide bonds. The third-order valence-corrected chi connectivity index (χ3v) is 9.95. The van der Waals surface area contributed by atoms with Gasteiger partial charge < -0.3 is 15.3 Å².